The first-order chi connectivity index (χ1) is 8.97. The second kappa shape index (κ2) is 6.97. The van der Waals surface area contributed by atoms with Gasteiger partial charge in [-0.2, -0.15) is 0 Å². The average molecular weight is 348 g/mol. The number of ether oxygens (including phenoxy) is 1. The van der Waals surface area contributed by atoms with Crippen LogP contribution >= 0.6 is 27.5 Å². The second-order valence-corrected chi connectivity index (χ2v) is 4.14. The highest BCUT2D eigenvalue weighted by Crippen LogP contribution is 2.35. The van der Waals surface area contributed by atoms with Crippen LogP contribution in [0, 0.1) is 22.0 Å². The van der Waals surface area contributed by atoms with E-state index in [9.17, 15) is 14.9 Å². The van der Waals surface area contributed by atoms with Gasteiger partial charge in [-0.1, -0.05) is 39.4 Å². The highest BCUT2D eigenvalue weighted by Gasteiger charge is 2.20. The van der Waals surface area contributed by atoms with Crippen molar-refractivity contribution < 1.29 is 14.5 Å². The molecule has 1 rings (SSSR count). The quantitative estimate of drug-likeness (QED) is 0.390. The molecule has 0 heterocycles. The van der Waals surface area contributed by atoms with E-state index in [0.717, 1.165) is 6.07 Å². The first-order valence-corrected chi connectivity index (χ1v) is 6.39. The van der Waals surface area contributed by atoms with Crippen molar-refractivity contribution in [3.05, 3.63) is 32.8 Å². The van der Waals surface area contributed by atoms with Crippen LogP contribution in [0.4, 0.5) is 5.69 Å². The summed E-state index contributed by atoms with van der Waals surface area (Å²) in [4.78, 5) is 21.2. The summed E-state index contributed by atoms with van der Waals surface area (Å²) in [6.07, 6.45) is 0. The third-order valence-corrected chi connectivity index (χ3v) is 2.65. The molecule has 0 aliphatic carbocycles. The lowest BCUT2D eigenvalue weighted by atomic mass is 10.2. The maximum absolute atomic E-state index is 11.1. The van der Waals surface area contributed by atoms with Crippen molar-refractivity contribution in [2.45, 2.75) is 0 Å². The van der Waals surface area contributed by atoms with Gasteiger partial charge in [0, 0.05) is 11.6 Å². The average Bonchev–Trinajstić information content (AvgIpc) is 2.35. The van der Waals surface area contributed by atoms with Gasteiger partial charge in [-0.05, 0) is 6.07 Å². The van der Waals surface area contributed by atoms with E-state index in [2.05, 4.69) is 27.8 Å². The molecule has 1 aromatic rings. The fourth-order valence-electron chi connectivity index (χ4n) is 1.18. The van der Waals surface area contributed by atoms with Gasteiger partial charge in [0.05, 0.1) is 10.3 Å². The van der Waals surface area contributed by atoms with Gasteiger partial charge in [-0.15, -0.1) is 0 Å². The minimum Gasteiger partial charge on any atom is -0.479 e. The van der Waals surface area contributed by atoms with E-state index in [1.807, 2.05) is 0 Å². The number of alkyl halides is 1. The lowest BCUT2D eigenvalue weighted by Gasteiger charge is -2.07. The molecule has 0 aromatic heterocycles. The number of carbonyl (C=O) groups is 1. The van der Waals surface area contributed by atoms with Crippen LogP contribution < -0.4 is 10.5 Å². The molecule has 100 valence electrons. The fraction of sp³-hybridized carbons (Fsp3) is 0.182. The summed E-state index contributed by atoms with van der Waals surface area (Å²) in [5.41, 5.74) is 4.58. The zero-order valence-corrected chi connectivity index (χ0v) is 11.8. The first kappa shape index (κ1) is 15.3. The van der Waals surface area contributed by atoms with E-state index in [-0.39, 0.29) is 22.9 Å². The maximum atomic E-state index is 11.1. The Hall–Kier alpha value is -1.78. The summed E-state index contributed by atoms with van der Waals surface area (Å²) in [5, 5.41) is 11.1. The van der Waals surface area contributed by atoms with Crippen molar-refractivity contribution in [3.63, 3.8) is 0 Å². The summed E-state index contributed by atoms with van der Waals surface area (Å²) in [6.45, 7) is -0.00924. The molecule has 0 bridgehead atoms. The van der Waals surface area contributed by atoms with Crippen LogP contribution in [0.25, 0.3) is 0 Å². The Balaban J connectivity index is 3.14. The molecule has 0 saturated carbocycles. The number of rotatable bonds is 4. The van der Waals surface area contributed by atoms with Crippen LogP contribution in [0.15, 0.2) is 12.1 Å². The number of nitrogens with two attached hydrogens (primary N) is 1. The van der Waals surface area contributed by atoms with Crippen molar-refractivity contribution in [2.75, 3.05) is 11.9 Å². The number of nitro benzene ring substituents is 1. The summed E-state index contributed by atoms with van der Waals surface area (Å²) in [7, 11) is 0. The van der Waals surface area contributed by atoms with Gasteiger partial charge in [-0.3, -0.25) is 14.9 Å². The summed E-state index contributed by atoms with van der Waals surface area (Å²) in [5.74, 6) is 4.52. The van der Waals surface area contributed by atoms with E-state index in [1.54, 1.807) is 0 Å². The monoisotopic (exact) mass is 346 g/mol. The predicted molar refractivity (Wildman–Crippen MR) is 73.7 cm³/mol. The minimum atomic E-state index is -0.809. The van der Waals surface area contributed by atoms with Crippen molar-refractivity contribution in [1.29, 1.82) is 0 Å². The van der Waals surface area contributed by atoms with Crippen LogP contribution in [0.3, 0.4) is 0 Å². The minimum absolute atomic E-state index is 0.00598. The summed E-state index contributed by atoms with van der Waals surface area (Å²) >= 11 is 8.92. The number of nitrogens with zero attached hydrogens (tertiary/aromatic N) is 1. The molecule has 1 aromatic carbocycles. The number of hydrogen-bond acceptors (Lipinski definition) is 4. The lowest BCUT2D eigenvalue weighted by Crippen LogP contribution is -2.12. The normalized spacial score (nSPS) is 9.37. The molecule has 0 atom stereocenters. The van der Waals surface area contributed by atoms with Crippen LogP contribution in [0.2, 0.25) is 5.02 Å². The Labute approximate surface area is 122 Å². The topological polar surface area (TPSA) is 95.5 Å². The zero-order valence-electron chi connectivity index (χ0n) is 9.48. The van der Waals surface area contributed by atoms with Crippen molar-refractivity contribution in [2.24, 2.45) is 5.73 Å². The molecule has 0 radical (unpaired) electrons. The molecule has 19 heavy (non-hydrogen) atoms. The van der Waals surface area contributed by atoms with Gasteiger partial charge in [0.2, 0.25) is 5.91 Å². The highest BCUT2D eigenvalue weighted by molar-refractivity contribution is 9.09. The number of primary amides is 1. The number of hydrogen-bond donors (Lipinski definition) is 1. The van der Waals surface area contributed by atoms with Crippen LogP contribution in [0.1, 0.15) is 10.4 Å². The molecule has 0 fully saturated rings. The zero-order chi connectivity index (χ0) is 14.4. The predicted octanol–water partition coefficient (Wildman–Crippen LogP) is 2.12. The molecular formula is C11H8BrClN2O4. The molecule has 0 unspecified atom stereocenters. The van der Waals surface area contributed by atoms with Gasteiger partial charge in [-0.25, -0.2) is 0 Å². The van der Waals surface area contributed by atoms with Crippen molar-refractivity contribution in [1.82, 2.24) is 0 Å². The molecule has 0 spiro atoms. The van der Waals surface area contributed by atoms with E-state index in [4.69, 9.17) is 22.1 Å². The van der Waals surface area contributed by atoms with Gasteiger partial charge in [0.1, 0.15) is 12.4 Å². The van der Waals surface area contributed by atoms with Gasteiger partial charge < -0.3 is 10.5 Å². The second-order valence-electron chi connectivity index (χ2n) is 3.20. The Bertz CT molecular complexity index is 580. The van der Waals surface area contributed by atoms with E-state index < -0.39 is 16.5 Å². The molecule has 0 saturated heterocycles. The molecule has 0 aliphatic heterocycles. The van der Waals surface area contributed by atoms with Crippen molar-refractivity contribution in [3.8, 4) is 17.6 Å². The van der Waals surface area contributed by atoms with E-state index in [0.29, 0.717) is 5.33 Å². The molecule has 2 N–H and O–H groups in total. The fourth-order valence-corrected chi connectivity index (χ4v) is 1.61. The Morgan fingerprint density at radius 2 is 2.21 bits per heavy atom. The molecule has 1 amide bonds. The molecular weight excluding hydrogens is 339 g/mol. The standard InChI is InChI=1S/C11H8BrClN2O4/c12-3-1-2-4-19-9-6-7(11(14)16)5-8(10(9)13)15(17)18/h5-6H,3-4H2,(H2,14,16). The van der Waals surface area contributed by atoms with Crippen molar-refractivity contribution >= 4 is 39.1 Å². The molecule has 8 heteroatoms. The third kappa shape index (κ3) is 4.12. The molecule has 0 aliphatic rings. The maximum Gasteiger partial charge on any atom is 0.292 e. The molecule has 6 nitrogen and oxygen atoms in total. The van der Waals surface area contributed by atoms with E-state index in [1.165, 1.54) is 6.07 Å². The number of amides is 1. The highest BCUT2D eigenvalue weighted by atomic mass is 79.9. The lowest BCUT2D eigenvalue weighted by molar-refractivity contribution is -0.384. The van der Waals surface area contributed by atoms with Crippen LogP contribution in [-0.4, -0.2) is 22.8 Å². The smallest absolute Gasteiger partial charge is 0.292 e. The Morgan fingerprint density at radius 1 is 1.53 bits per heavy atom. The van der Waals surface area contributed by atoms with E-state index >= 15 is 0 Å². The van der Waals surface area contributed by atoms with Crippen LogP contribution in [-0.2, 0) is 0 Å². The first-order valence-electron chi connectivity index (χ1n) is 4.89. The van der Waals surface area contributed by atoms with Gasteiger partial charge in [0.25, 0.3) is 5.69 Å². The van der Waals surface area contributed by atoms with Crippen LogP contribution in [0.5, 0.6) is 5.75 Å². The third-order valence-electron chi connectivity index (χ3n) is 1.99. The Morgan fingerprint density at radius 3 is 2.74 bits per heavy atom. The number of halogens is 2. The number of carbonyl (C=O) groups excluding carboxylic acids is 1. The largest absolute Gasteiger partial charge is 0.479 e. The van der Waals surface area contributed by atoms with Gasteiger partial charge >= 0.3 is 0 Å². The number of nitro groups is 1. The SMILES string of the molecule is NC(=O)c1cc(OCC#CCBr)c(Cl)c([N+](=O)[O-])c1. The Kier molecular flexibility index (Phi) is 5.60. The van der Waals surface area contributed by atoms with Gasteiger partial charge in [0.15, 0.2) is 5.02 Å². The summed E-state index contributed by atoms with van der Waals surface area (Å²) < 4.78 is 5.18. The number of benzene rings is 1. The summed E-state index contributed by atoms with van der Waals surface area (Å²) in [6, 6.07) is 2.25.